The maximum atomic E-state index is 12.3. The van der Waals surface area contributed by atoms with Crippen LogP contribution in [0.3, 0.4) is 0 Å². The van der Waals surface area contributed by atoms with E-state index in [1.807, 2.05) is 0 Å². The predicted octanol–water partition coefficient (Wildman–Crippen LogP) is 3.48. The summed E-state index contributed by atoms with van der Waals surface area (Å²) in [5, 5.41) is 0.620. The van der Waals surface area contributed by atoms with Crippen LogP contribution in [0.5, 0.6) is 0 Å². The van der Waals surface area contributed by atoms with Gasteiger partial charge in [0, 0.05) is 24.7 Å². The number of halogens is 2. The molecule has 1 aromatic heterocycles. The molecule has 7 nitrogen and oxygen atoms in total. The van der Waals surface area contributed by atoms with Gasteiger partial charge in [0.05, 0.1) is 15.6 Å². The van der Waals surface area contributed by atoms with Crippen LogP contribution in [0.25, 0.3) is 11.1 Å². The number of benzene rings is 1. The van der Waals surface area contributed by atoms with Crippen molar-refractivity contribution in [2.24, 2.45) is 23.3 Å². The van der Waals surface area contributed by atoms with Crippen LogP contribution < -0.4 is 22.1 Å². The van der Waals surface area contributed by atoms with Crippen LogP contribution in [0.4, 0.5) is 11.8 Å². The summed E-state index contributed by atoms with van der Waals surface area (Å²) in [5.74, 6) is 0.596. The minimum absolute atomic E-state index is 0.0386. The number of hydrogen-bond acceptors (Lipinski definition) is 6. The van der Waals surface area contributed by atoms with Gasteiger partial charge < -0.3 is 22.1 Å². The lowest BCUT2D eigenvalue weighted by Gasteiger charge is -2.43. The van der Waals surface area contributed by atoms with E-state index in [-0.39, 0.29) is 22.6 Å². The molecule has 1 saturated carbocycles. The Morgan fingerprint density at radius 2 is 1.73 bits per heavy atom. The SMILES string of the molecule is NC(=O)c1nc(N2C[C@H]3CCCCC[C@@H](C2)[C@H]3N)nc(N)c1-c1cccc(Cl)c1Cl. The molecule has 1 saturated heterocycles. The number of piperidine rings is 1. The molecule has 1 aliphatic heterocycles. The first-order chi connectivity index (χ1) is 14.4. The van der Waals surface area contributed by atoms with Crippen LogP contribution in [0.15, 0.2) is 18.2 Å². The molecule has 0 radical (unpaired) electrons. The third-order valence-corrected chi connectivity index (χ3v) is 7.13. The van der Waals surface area contributed by atoms with Gasteiger partial charge in [-0.15, -0.1) is 0 Å². The molecule has 2 bridgehead atoms. The van der Waals surface area contributed by atoms with Crippen LogP contribution in [-0.2, 0) is 0 Å². The lowest BCUT2D eigenvalue weighted by Crippen LogP contribution is -2.54. The summed E-state index contributed by atoms with van der Waals surface area (Å²) in [6.45, 7) is 1.49. The highest BCUT2D eigenvalue weighted by atomic mass is 35.5. The van der Waals surface area contributed by atoms with Crippen molar-refractivity contribution < 1.29 is 4.79 Å². The Balaban J connectivity index is 1.76. The average Bonchev–Trinajstić information content (AvgIpc) is 2.71. The van der Waals surface area contributed by atoms with E-state index < -0.39 is 5.91 Å². The summed E-state index contributed by atoms with van der Waals surface area (Å²) < 4.78 is 0. The summed E-state index contributed by atoms with van der Waals surface area (Å²) in [6, 6.07) is 5.28. The molecule has 30 heavy (non-hydrogen) atoms. The van der Waals surface area contributed by atoms with Gasteiger partial charge in [-0.25, -0.2) is 4.98 Å². The van der Waals surface area contributed by atoms with E-state index in [1.54, 1.807) is 18.2 Å². The number of nitrogens with zero attached hydrogens (tertiary/aromatic N) is 3. The number of rotatable bonds is 3. The molecule has 0 unspecified atom stereocenters. The van der Waals surface area contributed by atoms with Crippen molar-refractivity contribution in [3.8, 4) is 11.1 Å². The standard InChI is InChI=1S/C21H26Cl2N6O/c22-14-8-4-7-13(16(14)23)15-18(20(26)30)27-21(28-19(15)25)29-9-11-5-2-1-3-6-12(10-29)17(11)24/h4,7-8,11-12,17H,1-3,5-6,9-10,24H2,(H2,26,30)(H2,25,27,28)/t11-,12+,17+. The summed E-state index contributed by atoms with van der Waals surface area (Å²) in [4.78, 5) is 23.4. The lowest BCUT2D eigenvalue weighted by molar-refractivity contribution is 0.0996. The van der Waals surface area contributed by atoms with Crippen molar-refractivity contribution in [3.05, 3.63) is 33.9 Å². The number of primary amides is 1. The molecular formula is C21H26Cl2N6O. The zero-order valence-electron chi connectivity index (χ0n) is 16.7. The van der Waals surface area contributed by atoms with Crippen LogP contribution in [-0.4, -0.2) is 35.0 Å². The van der Waals surface area contributed by atoms with Crippen molar-refractivity contribution in [3.63, 3.8) is 0 Å². The number of fused-ring (bicyclic) bond motifs is 2. The highest BCUT2D eigenvalue weighted by molar-refractivity contribution is 6.44. The molecule has 2 fully saturated rings. The van der Waals surface area contributed by atoms with Crippen LogP contribution >= 0.6 is 23.2 Å². The van der Waals surface area contributed by atoms with Gasteiger partial charge in [0.1, 0.15) is 11.5 Å². The molecule has 1 aromatic carbocycles. The third kappa shape index (κ3) is 3.94. The fraction of sp³-hybridized carbons (Fsp3) is 0.476. The Labute approximate surface area is 185 Å². The first-order valence-corrected chi connectivity index (χ1v) is 11.0. The molecule has 2 aliphatic rings. The molecule has 2 aromatic rings. The fourth-order valence-electron chi connectivity index (χ4n) is 4.74. The minimum Gasteiger partial charge on any atom is -0.383 e. The Hall–Kier alpha value is -2.09. The summed E-state index contributed by atoms with van der Waals surface area (Å²) >= 11 is 12.5. The van der Waals surface area contributed by atoms with E-state index >= 15 is 0 Å². The van der Waals surface area contributed by atoms with Gasteiger partial charge in [0.2, 0.25) is 5.95 Å². The number of anilines is 2. The van der Waals surface area contributed by atoms with Crippen molar-refractivity contribution >= 4 is 40.9 Å². The van der Waals surface area contributed by atoms with E-state index in [0.717, 1.165) is 25.9 Å². The van der Waals surface area contributed by atoms with Gasteiger partial charge >= 0.3 is 0 Å². The minimum atomic E-state index is -0.695. The maximum absolute atomic E-state index is 12.3. The molecule has 2 heterocycles. The van der Waals surface area contributed by atoms with Gasteiger partial charge in [-0.3, -0.25) is 4.79 Å². The molecule has 160 valence electrons. The molecule has 1 amide bonds. The topological polar surface area (TPSA) is 124 Å². The van der Waals surface area contributed by atoms with Crippen LogP contribution in [0, 0.1) is 11.8 Å². The van der Waals surface area contributed by atoms with E-state index in [9.17, 15) is 4.79 Å². The molecule has 4 rings (SSSR count). The molecule has 1 aliphatic carbocycles. The molecular weight excluding hydrogens is 423 g/mol. The first kappa shape index (κ1) is 21.2. The fourth-order valence-corrected chi connectivity index (χ4v) is 5.13. The molecule has 9 heteroatoms. The zero-order valence-corrected chi connectivity index (χ0v) is 18.2. The summed E-state index contributed by atoms with van der Waals surface area (Å²) in [7, 11) is 0. The van der Waals surface area contributed by atoms with Crippen molar-refractivity contribution in [2.45, 2.75) is 38.1 Å². The Morgan fingerprint density at radius 1 is 1.07 bits per heavy atom. The van der Waals surface area contributed by atoms with Crippen molar-refractivity contribution in [1.82, 2.24) is 9.97 Å². The predicted molar refractivity (Wildman–Crippen MR) is 121 cm³/mol. The van der Waals surface area contributed by atoms with Gasteiger partial charge in [-0.1, -0.05) is 54.6 Å². The number of carbonyl (C=O) groups is 1. The number of nitrogen functional groups attached to an aromatic ring is 1. The smallest absolute Gasteiger partial charge is 0.268 e. The van der Waals surface area contributed by atoms with Crippen molar-refractivity contribution in [1.29, 1.82) is 0 Å². The van der Waals surface area contributed by atoms with Gasteiger partial charge in [-0.2, -0.15) is 4.98 Å². The number of hydrogen-bond donors (Lipinski definition) is 3. The monoisotopic (exact) mass is 448 g/mol. The van der Waals surface area contributed by atoms with Crippen molar-refractivity contribution in [2.75, 3.05) is 23.7 Å². The lowest BCUT2D eigenvalue weighted by atomic mass is 9.77. The number of aromatic nitrogens is 2. The molecule has 6 N–H and O–H groups in total. The van der Waals surface area contributed by atoms with Gasteiger partial charge in [0.15, 0.2) is 0 Å². The second-order valence-corrected chi connectivity index (χ2v) is 9.02. The molecule has 0 spiro atoms. The number of carbonyl (C=O) groups excluding carboxylic acids is 1. The maximum Gasteiger partial charge on any atom is 0.268 e. The zero-order chi connectivity index (χ0) is 21.4. The highest BCUT2D eigenvalue weighted by Crippen LogP contribution is 2.39. The van der Waals surface area contributed by atoms with E-state index in [1.165, 1.54) is 19.3 Å². The Morgan fingerprint density at radius 3 is 2.37 bits per heavy atom. The number of amides is 1. The van der Waals surface area contributed by atoms with E-state index in [4.69, 9.17) is 40.4 Å². The Bertz CT molecular complexity index is 953. The quantitative estimate of drug-likeness (QED) is 0.659. The second kappa shape index (κ2) is 8.57. The van der Waals surface area contributed by atoms with E-state index in [2.05, 4.69) is 14.9 Å². The summed E-state index contributed by atoms with van der Waals surface area (Å²) in [5.41, 5.74) is 19.3. The van der Waals surface area contributed by atoms with E-state index in [0.29, 0.717) is 33.9 Å². The average molecular weight is 449 g/mol. The van der Waals surface area contributed by atoms with Crippen LogP contribution in [0.1, 0.15) is 42.6 Å². The third-order valence-electron chi connectivity index (χ3n) is 6.31. The van der Waals surface area contributed by atoms with Gasteiger partial charge in [0.25, 0.3) is 5.91 Å². The van der Waals surface area contributed by atoms with Gasteiger partial charge in [-0.05, 0) is 30.7 Å². The largest absolute Gasteiger partial charge is 0.383 e. The number of nitrogens with two attached hydrogens (primary N) is 3. The first-order valence-electron chi connectivity index (χ1n) is 10.3. The Kier molecular flexibility index (Phi) is 6.04. The molecule has 3 atom stereocenters. The highest BCUT2D eigenvalue weighted by Gasteiger charge is 2.36. The normalized spacial score (nSPS) is 24.2. The second-order valence-electron chi connectivity index (χ2n) is 8.24. The summed E-state index contributed by atoms with van der Waals surface area (Å²) in [6.07, 6.45) is 5.79. The van der Waals surface area contributed by atoms with Crippen LogP contribution in [0.2, 0.25) is 10.0 Å².